The van der Waals surface area contributed by atoms with E-state index in [4.69, 9.17) is 13.9 Å². The number of amides is 1. The van der Waals surface area contributed by atoms with E-state index in [9.17, 15) is 10.1 Å². The molecule has 8 nitrogen and oxygen atoms in total. The Morgan fingerprint density at radius 3 is 2.60 bits per heavy atom. The fourth-order valence-corrected chi connectivity index (χ4v) is 4.05. The van der Waals surface area contributed by atoms with Crippen LogP contribution in [0.15, 0.2) is 102 Å². The summed E-state index contributed by atoms with van der Waals surface area (Å²) in [4.78, 5) is 17.1. The second kappa shape index (κ2) is 12.3. The molecule has 2 heterocycles. The van der Waals surface area contributed by atoms with Crippen LogP contribution in [-0.2, 0) is 11.4 Å². The molecule has 1 amide bonds. The summed E-state index contributed by atoms with van der Waals surface area (Å²) in [7, 11) is 0. The fourth-order valence-electron chi connectivity index (χ4n) is 4.05. The summed E-state index contributed by atoms with van der Waals surface area (Å²) in [6.45, 7) is 2.73. The first-order valence-corrected chi connectivity index (χ1v) is 12.7. The predicted molar refractivity (Wildman–Crippen MR) is 154 cm³/mol. The van der Waals surface area contributed by atoms with Gasteiger partial charge in [-0.2, -0.15) is 5.26 Å². The van der Waals surface area contributed by atoms with E-state index >= 15 is 0 Å². The molecule has 0 spiro atoms. The number of furan rings is 1. The van der Waals surface area contributed by atoms with Crippen LogP contribution >= 0.6 is 0 Å². The quantitative estimate of drug-likeness (QED) is 0.186. The van der Waals surface area contributed by atoms with Crippen molar-refractivity contribution in [3.8, 4) is 17.6 Å². The highest BCUT2D eigenvalue weighted by Gasteiger charge is 2.15. The third kappa shape index (κ3) is 6.29. The zero-order valence-corrected chi connectivity index (χ0v) is 21.8. The number of rotatable bonds is 10. The summed E-state index contributed by atoms with van der Waals surface area (Å²) in [6.07, 6.45) is 6.01. The first-order chi connectivity index (χ1) is 19.6. The molecule has 0 bridgehead atoms. The van der Waals surface area contributed by atoms with Crippen molar-refractivity contribution < 1.29 is 18.7 Å². The molecule has 0 aliphatic carbocycles. The minimum Gasteiger partial charge on any atom is -0.492 e. The molecule has 0 radical (unpaired) electrons. The summed E-state index contributed by atoms with van der Waals surface area (Å²) in [6, 6.07) is 26.6. The van der Waals surface area contributed by atoms with Crippen molar-refractivity contribution in [1.29, 1.82) is 5.26 Å². The van der Waals surface area contributed by atoms with Crippen molar-refractivity contribution in [3.63, 3.8) is 0 Å². The molecule has 0 aliphatic rings. The van der Waals surface area contributed by atoms with Crippen molar-refractivity contribution in [2.45, 2.75) is 13.5 Å². The van der Waals surface area contributed by atoms with Crippen molar-refractivity contribution in [3.05, 3.63) is 114 Å². The van der Waals surface area contributed by atoms with E-state index in [0.717, 1.165) is 17.0 Å². The lowest BCUT2D eigenvalue weighted by molar-refractivity contribution is -0.111. The normalized spacial score (nSPS) is 10.8. The molecule has 5 rings (SSSR count). The smallest absolute Gasteiger partial charge is 0.248 e. The van der Waals surface area contributed by atoms with Crippen LogP contribution in [0.3, 0.4) is 0 Å². The SMILES string of the molecule is CCOc1cc2ncc(C#N)c(Nc3ccc(OCc4ccccc4)cc3)c2cc1NC(=O)C=Cc1ccco1. The average Bonchev–Trinajstić information content (AvgIpc) is 3.51. The monoisotopic (exact) mass is 530 g/mol. The molecule has 2 aromatic heterocycles. The zero-order valence-electron chi connectivity index (χ0n) is 21.8. The van der Waals surface area contributed by atoms with E-state index in [1.165, 1.54) is 18.5 Å². The minimum absolute atomic E-state index is 0.357. The molecule has 0 unspecified atom stereocenters. The second-order valence-electron chi connectivity index (χ2n) is 8.72. The number of carbonyl (C=O) groups excluding carboxylic acids is 1. The molecule has 3 aromatic carbocycles. The van der Waals surface area contributed by atoms with Gasteiger partial charge in [0.1, 0.15) is 29.9 Å². The Hall–Kier alpha value is -5.55. The van der Waals surface area contributed by atoms with Gasteiger partial charge in [-0.3, -0.25) is 9.78 Å². The fraction of sp³-hybridized carbons (Fsp3) is 0.0938. The van der Waals surface area contributed by atoms with Gasteiger partial charge in [0.15, 0.2) is 0 Å². The Labute approximate surface area is 231 Å². The van der Waals surface area contributed by atoms with Crippen molar-refractivity contribution >= 4 is 39.9 Å². The van der Waals surface area contributed by atoms with Crippen molar-refractivity contribution in [1.82, 2.24) is 4.98 Å². The second-order valence-corrected chi connectivity index (χ2v) is 8.72. The topological polar surface area (TPSA) is 109 Å². The number of ether oxygens (including phenoxy) is 2. The van der Waals surface area contributed by atoms with Crippen molar-refractivity contribution in [2.24, 2.45) is 0 Å². The Balaban J connectivity index is 1.41. The van der Waals surface area contributed by atoms with Crippen LogP contribution in [-0.4, -0.2) is 17.5 Å². The Bertz CT molecular complexity index is 1670. The van der Waals surface area contributed by atoms with E-state index < -0.39 is 0 Å². The molecular weight excluding hydrogens is 504 g/mol. The first-order valence-electron chi connectivity index (χ1n) is 12.7. The van der Waals surface area contributed by atoms with Crippen LogP contribution in [0.25, 0.3) is 17.0 Å². The number of nitrogens with one attached hydrogen (secondary N) is 2. The van der Waals surface area contributed by atoms with E-state index in [0.29, 0.717) is 52.6 Å². The highest BCUT2D eigenvalue weighted by molar-refractivity contribution is 6.06. The van der Waals surface area contributed by atoms with Gasteiger partial charge in [0.05, 0.1) is 35.3 Å². The number of hydrogen-bond acceptors (Lipinski definition) is 7. The number of hydrogen-bond donors (Lipinski definition) is 2. The van der Waals surface area contributed by atoms with Crippen LogP contribution in [0.1, 0.15) is 23.8 Å². The average molecular weight is 531 g/mol. The number of aromatic nitrogens is 1. The maximum absolute atomic E-state index is 12.7. The molecule has 198 valence electrons. The number of pyridine rings is 1. The number of nitriles is 1. The molecule has 0 aliphatic heterocycles. The maximum Gasteiger partial charge on any atom is 0.248 e. The van der Waals surface area contributed by atoms with Gasteiger partial charge in [0, 0.05) is 29.4 Å². The van der Waals surface area contributed by atoms with E-state index in [1.54, 1.807) is 30.3 Å². The number of fused-ring (bicyclic) bond motifs is 1. The zero-order chi connectivity index (χ0) is 27.7. The van der Waals surface area contributed by atoms with Gasteiger partial charge >= 0.3 is 0 Å². The molecule has 40 heavy (non-hydrogen) atoms. The standard InChI is InChI=1S/C32H26N4O4/c1-2-38-30-18-28-27(17-29(30)36-31(37)15-14-25-9-6-16-39-25)32(23(19-33)20-34-28)35-24-10-12-26(13-11-24)40-21-22-7-4-3-5-8-22/h3-18,20H,2,21H2,1H3,(H,34,35)(H,36,37). The van der Waals surface area contributed by atoms with E-state index in [2.05, 4.69) is 21.7 Å². The number of carbonyl (C=O) groups is 1. The summed E-state index contributed by atoms with van der Waals surface area (Å²) in [5.41, 5.74) is 3.82. The molecule has 2 N–H and O–H groups in total. The highest BCUT2D eigenvalue weighted by atomic mass is 16.5. The first kappa shape index (κ1) is 26.1. The largest absolute Gasteiger partial charge is 0.492 e. The van der Waals surface area contributed by atoms with Gasteiger partial charge in [0.2, 0.25) is 5.91 Å². The van der Waals surface area contributed by atoms with Crippen LogP contribution < -0.4 is 20.1 Å². The van der Waals surface area contributed by atoms with Crippen LogP contribution in [0.5, 0.6) is 11.5 Å². The molecule has 0 atom stereocenters. The summed E-state index contributed by atoms with van der Waals surface area (Å²) in [5, 5.41) is 16.7. The maximum atomic E-state index is 12.7. The summed E-state index contributed by atoms with van der Waals surface area (Å²) < 4.78 is 16.9. The minimum atomic E-state index is -0.360. The lowest BCUT2D eigenvalue weighted by atomic mass is 10.1. The Morgan fingerprint density at radius 1 is 1.05 bits per heavy atom. The molecule has 8 heteroatoms. The van der Waals surface area contributed by atoms with Gasteiger partial charge in [-0.15, -0.1) is 0 Å². The van der Waals surface area contributed by atoms with Crippen LogP contribution in [0, 0.1) is 11.3 Å². The number of anilines is 3. The van der Waals surface area contributed by atoms with Crippen LogP contribution in [0.2, 0.25) is 0 Å². The van der Waals surface area contributed by atoms with Gasteiger partial charge < -0.3 is 24.5 Å². The molecule has 0 saturated carbocycles. The number of benzene rings is 3. The molecular formula is C32H26N4O4. The highest BCUT2D eigenvalue weighted by Crippen LogP contribution is 2.36. The molecule has 0 fully saturated rings. The molecule has 5 aromatic rings. The summed E-state index contributed by atoms with van der Waals surface area (Å²) >= 11 is 0. The third-order valence-corrected chi connectivity index (χ3v) is 5.96. The van der Waals surface area contributed by atoms with Crippen LogP contribution in [0.4, 0.5) is 17.1 Å². The summed E-state index contributed by atoms with van der Waals surface area (Å²) in [5.74, 6) is 1.40. The Morgan fingerprint density at radius 2 is 1.88 bits per heavy atom. The Kier molecular flexibility index (Phi) is 8.04. The van der Waals surface area contributed by atoms with Gasteiger partial charge in [-0.1, -0.05) is 30.3 Å². The lowest BCUT2D eigenvalue weighted by Gasteiger charge is -2.16. The van der Waals surface area contributed by atoms with Gasteiger partial charge in [0.25, 0.3) is 0 Å². The lowest BCUT2D eigenvalue weighted by Crippen LogP contribution is -2.10. The van der Waals surface area contributed by atoms with Gasteiger partial charge in [-0.25, -0.2) is 0 Å². The molecule has 0 saturated heterocycles. The number of nitrogens with zero attached hydrogens (tertiary/aromatic N) is 2. The third-order valence-electron chi connectivity index (χ3n) is 5.96. The van der Waals surface area contributed by atoms with E-state index in [1.807, 2.05) is 61.5 Å². The van der Waals surface area contributed by atoms with E-state index in [-0.39, 0.29) is 5.91 Å². The van der Waals surface area contributed by atoms with Crippen molar-refractivity contribution in [2.75, 3.05) is 17.2 Å². The van der Waals surface area contributed by atoms with Gasteiger partial charge in [-0.05, 0) is 61.0 Å². The predicted octanol–water partition coefficient (Wildman–Crippen LogP) is 7.07.